The lowest BCUT2D eigenvalue weighted by atomic mass is 10.1. The largest absolute Gasteiger partial charge is 0.465 e. The van der Waals surface area contributed by atoms with E-state index in [1.807, 2.05) is 0 Å². The van der Waals surface area contributed by atoms with Gasteiger partial charge < -0.3 is 9.47 Å². The quantitative estimate of drug-likeness (QED) is 0.271. The van der Waals surface area contributed by atoms with Crippen LogP contribution in [0.25, 0.3) is 0 Å². The van der Waals surface area contributed by atoms with Gasteiger partial charge in [0.05, 0.1) is 13.2 Å². The van der Waals surface area contributed by atoms with Crippen molar-refractivity contribution >= 4 is 11.9 Å². The van der Waals surface area contributed by atoms with Crippen molar-refractivity contribution < 1.29 is 19.1 Å². The molecule has 0 N–H and O–H groups in total. The lowest BCUT2D eigenvalue weighted by Crippen LogP contribution is -2.28. The monoisotopic (exact) mass is 245 g/mol. The van der Waals surface area contributed by atoms with Crippen LogP contribution in [0.2, 0.25) is 0 Å². The van der Waals surface area contributed by atoms with Gasteiger partial charge in [-0.1, -0.05) is 32.6 Å². The molecular weight excluding hydrogens is 221 g/mol. The summed E-state index contributed by atoms with van der Waals surface area (Å²) in [6.45, 7) is 6.18. The molecule has 0 saturated carbocycles. The summed E-state index contributed by atoms with van der Waals surface area (Å²) in [5.41, 5.74) is 0. The number of rotatable bonds is 9. The van der Waals surface area contributed by atoms with E-state index in [4.69, 9.17) is 9.47 Å². The molecule has 0 fully saturated rings. The maximum Gasteiger partial charge on any atom is 0.320 e. The van der Waals surface area contributed by atoms with Crippen LogP contribution in [-0.4, -0.2) is 25.2 Å². The molecule has 0 unspecified atom stereocenters. The maximum absolute atomic E-state index is 11.6. The number of carbonyl (C=O) groups is 2. The molecule has 0 amide bonds. The van der Waals surface area contributed by atoms with Crippen LogP contribution in [0.15, 0.2) is 0 Å². The lowest BCUT2D eigenvalue weighted by molar-refractivity contribution is -0.161. The first-order valence-corrected chi connectivity index (χ1v) is 6.50. The second kappa shape index (κ2) is 10.1. The number of hydrogen-bond acceptors (Lipinski definition) is 4. The van der Waals surface area contributed by atoms with Gasteiger partial charge in [0.25, 0.3) is 0 Å². The molecule has 0 heterocycles. The Hall–Kier alpha value is -1.06. The molecule has 0 atom stereocenters. The molecule has 4 heteroatoms. The molecular formula is C13H24O4. The Morgan fingerprint density at radius 3 is 1.82 bits per heavy atom. The van der Waals surface area contributed by atoms with E-state index in [1.165, 1.54) is 0 Å². The van der Waals surface area contributed by atoms with Gasteiger partial charge in [0.15, 0.2) is 5.92 Å². The average molecular weight is 245 g/mol. The van der Waals surface area contributed by atoms with Gasteiger partial charge >= 0.3 is 11.9 Å². The highest BCUT2D eigenvalue weighted by atomic mass is 16.6. The zero-order valence-electron chi connectivity index (χ0n) is 11.2. The smallest absolute Gasteiger partial charge is 0.320 e. The fourth-order valence-electron chi connectivity index (χ4n) is 1.59. The Bertz CT molecular complexity index is 207. The third-order valence-electron chi connectivity index (χ3n) is 2.49. The summed E-state index contributed by atoms with van der Waals surface area (Å²) in [6, 6.07) is 0. The van der Waals surface area contributed by atoms with Crippen LogP contribution in [0.5, 0.6) is 0 Å². The Morgan fingerprint density at radius 1 is 0.882 bits per heavy atom. The average Bonchev–Trinajstić information content (AvgIpc) is 2.29. The fourth-order valence-corrected chi connectivity index (χ4v) is 1.59. The van der Waals surface area contributed by atoms with Crippen molar-refractivity contribution in [3.8, 4) is 0 Å². The summed E-state index contributed by atoms with van der Waals surface area (Å²) in [7, 11) is 0. The van der Waals surface area contributed by atoms with Crippen molar-refractivity contribution in [3.05, 3.63) is 0 Å². The van der Waals surface area contributed by atoms with Crippen LogP contribution in [0.4, 0.5) is 0 Å². The standard InChI is InChI=1S/C13H24O4/c1-4-7-8-9-10-11(12(14)16-5-2)13(15)17-6-3/h11H,4-10H2,1-3H3/i10+1. The van der Waals surface area contributed by atoms with E-state index in [0.717, 1.165) is 25.7 Å². The first-order chi connectivity index (χ1) is 8.17. The van der Waals surface area contributed by atoms with Crippen molar-refractivity contribution in [2.45, 2.75) is 52.9 Å². The highest BCUT2D eigenvalue weighted by molar-refractivity contribution is 5.94. The summed E-state index contributed by atoms with van der Waals surface area (Å²) in [4.78, 5) is 23.2. The molecule has 100 valence electrons. The highest BCUT2D eigenvalue weighted by Gasteiger charge is 2.28. The Balaban J connectivity index is 4.19. The summed E-state index contributed by atoms with van der Waals surface area (Å²) in [5.74, 6) is -1.66. The van der Waals surface area contributed by atoms with Crippen LogP contribution in [0, 0.1) is 5.92 Å². The molecule has 0 aromatic carbocycles. The van der Waals surface area contributed by atoms with E-state index in [0.29, 0.717) is 19.6 Å². The normalized spacial score (nSPS) is 10.4. The molecule has 0 aliphatic carbocycles. The first kappa shape index (κ1) is 15.9. The van der Waals surface area contributed by atoms with Crippen LogP contribution in [0.1, 0.15) is 52.9 Å². The van der Waals surface area contributed by atoms with Crippen LogP contribution < -0.4 is 0 Å². The highest BCUT2D eigenvalue weighted by Crippen LogP contribution is 2.14. The third-order valence-corrected chi connectivity index (χ3v) is 2.49. The molecule has 0 aromatic heterocycles. The SMILES string of the molecule is CCCCC[13CH2]C(C(=O)OCC)C(=O)OCC. The Kier molecular flexibility index (Phi) is 9.49. The van der Waals surface area contributed by atoms with E-state index in [1.54, 1.807) is 13.8 Å². The second-order valence-electron chi connectivity index (χ2n) is 3.91. The van der Waals surface area contributed by atoms with Crippen LogP contribution in [0.3, 0.4) is 0 Å². The molecule has 0 aromatic rings. The van der Waals surface area contributed by atoms with Gasteiger partial charge in [0, 0.05) is 0 Å². The number of unbranched alkanes of at least 4 members (excludes halogenated alkanes) is 3. The minimum Gasteiger partial charge on any atom is -0.465 e. The van der Waals surface area contributed by atoms with E-state index in [2.05, 4.69) is 6.92 Å². The molecule has 0 radical (unpaired) electrons. The molecule has 0 bridgehead atoms. The minimum atomic E-state index is -0.744. The van der Waals surface area contributed by atoms with E-state index < -0.39 is 17.9 Å². The molecule has 0 spiro atoms. The number of carbonyl (C=O) groups excluding carboxylic acids is 2. The summed E-state index contributed by atoms with van der Waals surface area (Å²) in [6.07, 6.45) is 4.67. The third kappa shape index (κ3) is 6.97. The fraction of sp³-hybridized carbons (Fsp3) is 0.846. The van der Waals surface area contributed by atoms with Gasteiger partial charge in [-0.25, -0.2) is 0 Å². The maximum atomic E-state index is 11.6. The number of hydrogen-bond donors (Lipinski definition) is 0. The summed E-state index contributed by atoms with van der Waals surface area (Å²) < 4.78 is 9.78. The van der Waals surface area contributed by atoms with Gasteiger partial charge in [-0.15, -0.1) is 0 Å². The first-order valence-electron chi connectivity index (χ1n) is 6.50. The Morgan fingerprint density at radius 2 is 1.41 bits per heavy atom. The lowest BCUT2D eigenvalue weighted by Gasteiger charge is -2.13. The van der Waals surface area contributed by atoms with E-state index in [-0.39, 0.29) is 0 Å². The number of ether oxygens (including phenoxy) is 2. The van der Waals surface area contributed by atoms with Crippen LogP contribution in [-0.2, 0) is 19.1 Å². The van der Waals surface area contributed by atoms with Gasteiger partial charge in [-0.3, -0.25) is 9.59 Å². The second-order valence-corrected chi connectivity index (χ2v) is 3.91. The molecule has 4 nitrogen and oxygen atoms in total. The Labute approximate surface area is 104 Å². The molecule has 0 aliphatic heterocycles. The topological polar surface area (TPSA) is 52.6 Å². The molecule has 0 saturated heterocycles. The van der Waals surface area contributed by atoms with Gasteiger partial charge in [-0.05, 0) is 20.3 Å². The van der Waals surface area contributed by atoms with Crippen molar-refractivity contribution in [2.75, 3.05) is 13.2 Å². The van der Waals surface area contributed by atoms with Crippen molar-refractivity contribution in [2.24, 2.45) is 5.92 Å². The summed E-state index contributed by atoms with van der Waals surface area (Å²) in [5, 5.41) is 0. The van der Waals surface area contributed by atoms with E-state index in [9.17, 15) is 9.59 Å². The van der Waals surface area contributed by atoms with Crippen molar-refractivity contribution in [1.82, 2.24) is 0 Å². The van der Waals surface area contributed by atoms with E-state index >= 15 is 0 Å². The zero-order chi connectivity index (χ0) is 13.1. The summed E-state index contributed by atoms with van der Waals surface area (Å²) >= 11 is 0. The minimum absolute atomic E-state index is 0.295. The predicted octanol–water partition coefficient (Wildman–Crippen LogP) is 2.70. The molecule has 0 aliphatic rings. The van der Waals surface area contributed by atoms with Gasteiger partial charge in [0.1, 0.15) is 0 Å². The zero-order valence-corrected chi connectivity index (χ0v) is 11.2. The molecule has 0 rings (SSSR count). The van der Waals surface area contributed by atoms with Gasteiger partial charge in [0.2, 0.25) is 0 Å². The molecule has 17 heavy (non-hydrogen) atoms. The van der Waals surface area contributed by atoms with Crippen LogP contribution >= 0.6 is 0 Å². The predicted molar refractivity (Wildman–Crippen MR) is 65.5 cm³/mol. The van der Waals surface area contributed by atoms with Gasteiger partial charge in [-0.2, -0.15) is 0 Å². The van der Waals surface area contributed by atoms with Crippen molar-refractivity contribution in [3.63, 3.8) is 0 Å². The van der Waals surface area contributed by atoms with Crippen molar-refractivity contribution in [1.29, 1.82) is 0 Å². The number of esters is 2.